The van der Waals surface area contributed by atoms with E-state index >= 15 is 0 Å². The van der Waals surface area contributed by atoms with Crippen molar-refractivity contribution in [1.29, 1.82) is 0 Å². The summed E-state index contributed by atoms with van der Waals surface area (Å²) in [5, 5.41) is 50.8. The Morgan fingerprint density at radius 3 is 1.81 bits per heavy atom. The van der Waals surface area contributed by atoms with Gasteiger partial charge in [-0.1, -0.05) is 24.3 Å². The van der Waals surface area contributed by atoms with E-state index in [1.807, 2.05) is 0 Å². The summed E-state index contributed by atoms with van der Waals surface area (Å²) in [5.41, 5.74) is 17.7. The van der Waals surface area contributed by atoms with Crippen LogP contribution in [0.15, 0.2) is 70.9 Å². The zero-order valence-electron chi connectivity index (χ0n) is 28.8. The lowest BCUT2D eigenvalue weighted by atomic mass is 9.78. The van der Waals surface area contributed by atoms with Gasteiger partial charge in [-0.3, -0.25) is 34.1 Å². The molecule has 0 bridgehead atoms. The van der Waals surface area contributed by atoms with E-state index in [1.54, 1.807) is 24.3 Å². The molecule has 1 aliphatic rings. The topological polar surface area (TPSA) is 317 Å². The number of nitrogens with two attached hydrogens (primary N) is 4. The van der Waals surface area contributed by atoms with Gasteiger partial charge in [0.15, 0.2) is 17.5 Å². The molecule has 0 unspecified atom stereocenters. The van der Waals surface area contributed by atoms with Gasteiger partial charge in [0.1, 0.15) is 23.6 Å². The minimum Gasteiger partial charge on any atom is -0.508 e. The second-order valence-electron chi connectivity index (χ2n) is 12.1. The molecule has 2 aromatic rings. The van der Waals surface area contributed by atoms with Gasteiger partial charge >= 0.3 is 0 Å². The lowest BCUT2D eigenvalue weighted by Gasteiger charge is -2.39. The number of phenols is 2. The smallest absolute Gasteiger partial charge is 0.274 e. The molecule has 4 amide bonds. The number of hydrogen-bond acceptors (Lipinski definition) is 10. The van der Waals surface area contributed by atoms with Gasteiger partial charge in [-0.25, -0.2) is 0 Å². The predicted octanol–water partition coefficient (Wildman–Crippen LogP) is -1.54. The van der Waals surface area contributed by atoms with Crippen LogP contribution in [-0.4, -0.2) is 97.4 Å². The van der Waals surface area contributed by atoms with Crippen LogP contribution in [0, 0.1) is 5.92 Å². The third-order valence-corrected chi connectivity index (χ3v) is 8.37. The third kappa shape index (κ3) is 9.98. The first-order valence-corrected chi connectivity index (χ1v) is 16.2. The van der Waals surface area contributed by atoms with E-state index in [0.717, 1.165) is 0 Å². The standard InChI is InChI=1S/C34H46N10O8/c1-20(27(47)39-17-12-22-4-8-24(45)9-5-22)43-29(49)34(52)26(14-19-42-32(37)38)33(51,15-3-16-41-31(35)36)30(50)44(34)21(2)28(48)40-18-13-23-6-10-25(46)11-7-23/h4-13,17-18,20-21,26,45-46,51-52H,3,14-16,19H2,1-2H3,(H,39,47)(H,40,48)(H,43,49)(H4,35,36,41)(H4,37,38,42)/b17-12+,18-13+/t20-,21+,26+,33-,34-/m1/s1. The van der Waals surface area contributed by atoms with Crippen LogP contribution in [0.5, 0.6) is 11.5 Å². The summed E-state index contributed by atoms with van der Waals surface area (Å²) in [6, 6.07) is 9.29. The first-order valence-electron chi connectivity index (χ1n) is 16.2. The zero-order chi connectivity index (χ0) is 38.6. The predicted molar refractivity (Wildman–Crippen MR) is 193 cm³/mol. The number of nitrogens with one attached hydrogen (secondary N) is 3. The number of benzene rings is 2. The van der Waals surface area contributed by atoms with E-state index in [-0.39, 0.29) is 55.8 Å². The molecule has 18 nitrogen and oxygen atoms in total. The summed E-state index contributed by atoms with van der Waals surface area (Å²) in [5.74, 6) is -6.07. The van der Waals surface area contributed by atoms with E-state index in [0.29, 0.717) is 16.0 Å². The molecule has 5 atom stereocenters. The van der Waals surface area contributed by atoms with Crippen LogP contribution in [0.4, 0.5) is 0 Å². The van der Waals surface area contributed by atoms with Gasteiger partial charge in [-0.15, -0.1) is 0 Å². The Kier molecular flexibility index (Phi) is 13.7. The third-order valence-electron chi connectivity index (χ3n) is 8.37. The van der Waals surface area contributed by atoms with Crippen LogP contribution in [0.3, 0.4) is 0 Å². The molecule has 2 aromatic carbocycles. The maximum absolute atomic E-state index is 14.2. The second kappa shape index (κ2) is 17.7. The molecule has 0 saturated carbocycles. The first kappa shape index (κ1) is 40.3. The number of carbonyl (C=O) groups is 4. The second-order valence-corrected chi connectivity index (χ2v) is 12.1. The number of phenolic OH excluding ortho intramolecular Hbond substituents is 2. The number of nitrogens with zero attached hydrogens (tertiary/aromatic N) is 3. The molecular weight excluding hydrogens is 676 g/mol. The van der Waals surface area contributed by atoms with E-state index in [9.17, 15) is 39.6 Å². The van der Waals surface area contributed by atoms with Crippen LogP contribution >= 0.6 is 0 Å². The molecule has 15 N–H and O–H groups in total. The average Bonchev–Trinajstić information content (AvgIpc) is 3.26. The Balaban J connectivity index is 1.97. The number of aliphatic imine (C=N–C) groups is 2. The summed E-state index contributed by atoms with van der Waals surface area (Å²) < 4.78 is 0. The fourth-order valence-corrected chi connectivity index (χ4v) is 5.69. The van der Waals surface area contributed by atoms with Crippen molar-refractivity contribution < 1.29 is 39.6 Å². The molecular formula is C34H46N10O8. The minimum atomic E-state index is -2.92. The van der Waals surface area contributed by atoms with Crippen LogP contribution in [0.1, 0.15) is 44.2 Å². The molecule has 1 aliphatic heterocycles. The van der Waals surface area contributed by atoms with E-state index < -0.39 is 53.0 Å². The van der Waals surface area contributed by atoms with Gasteiger partial charge in [0, 0.05) is 25.5 Å². The maximum Gasteiger partial charge on any atom is 0.274 e. The van der Waals surface area contributed by atoms with E-state index in [4.69, 9.17) is 22.9 Å². The molecule has 18 heteroatoms. The highest BCUT2D eigenvalue weighted by molar-refractivity contribution is 6.02. The SMILES string of the molecule is C[C@@H](NC(=O)[C@]1(O)[C@@H](CCN=C(N)N)[C@](O)(CCCN=C(N)N)C(=O)N1[C@@H](C)C(=O)N/C=C/c1ccc(O)cc1)C(=O)N/C=C/c1ccc(O)cc1. The highest BCUT2D eigenvalue weighted by Gasteiger charge is 2.70. The molecule has 1 saturated heterocycles. The first-order chi connectivity index (χ1) is 24.5. The maximum atomic E-state index is 14.2. The highest BCUT2D eigenvalue weighted by Crippen LogP contribution is 2.47. The lowest BCUT2D eigenvalue weighted by Crippen LogP contribution is -2.65. The van der Waals surface area contributed by atoms with Crippen LogP contribution < -0.4 is 38.9 Å². The molecule has 3 rings (SSSR count). The molecule has 52 heavy (non-hydrogen) atoms. The van der Waals surface area contributed by atoms with E-state index in [2.05, 4.69) is 25.9 Å². The van der Waals surface area contributed by atoms with Crippen LogP contribution in [0.25, 0.3) is 12.2 Å². The van der Waals surface area contributed by atoms with Crippen molar-refractivity contribution in [2.24, 2.45) is 38.8 Å². The summed E-state index contributed by atoms with van der Waals surface area (Å²) in [6.07, 6.45) is 4.96. The van der Waals surface area contributed by atoms with Crippen molar-refractivity contribution >= 4 is 47.7 Å². The minimum absolute atomic E-state index is 0.0177. The molecule has 0 aliphatic carbocycles. The van der Waals surface area contributed by atoms with Gasteiger partial charge in [-0.05, 0) is 80.7 Å². The fraction of sp³-hybridized carbons (Fsp3) is 0.353. The quantitative estimate of drug-likeness (QED) is 0.0534. The van der Waals surface area contributed by atoms with Gasteiger partial charge in [-0.2, -0.15) is 0 Å². The van der Waals surface area contributed by atoms with Gasteiger partial charge in [0.25, 0.3) is 11.8 Å². The van der Waals surface area contributed by atoms with Crippen LogP contribution in [-0.2, 0) is 19.2 Å². The molecule has 0 spiro atoms. The summed E-state index contributed by atoms with van der Waals surface area (Å²) in [6.45, 7) is 2.32. The van der Waals surface area contributed by atoms with Crippen molar-refractivity contribution in [2.45, 2.75) is 56.5 Å². The Morgan fingerprint density at radius 2 is 1.31 bits per heavy atom. The van der Waals surface area contributed by atoms with Crippen molar-refractivity contribution in [3.63, 3.8) is 0 Å². The van der Waals surface area contributed by atoms with Crippen molar-refractivity contribution in [1.82, 2.24) is 20.9 Å². The number of guanidine groups is 2. The number of aliphatic hydroxyl groups is 2. The highest BCUT2D eigenvalue weighted by atomic mass is 16.4. The van der Waals surface area contributed by atoms with E-state index in [1.165, 1.54) is 62.7 Å². The number of carbonyl (C=O) groups excluding carboxylic acids is 4. The summed E-state index contributed by atoms with van der Waals surface area (Å²) in [4.78, 5) is 63.1. The largest absolute Gasteiger partial charge is 0.508 e. The summed E-state index contributed by atoms with van der Waals surface area (Å²) >= 11 is 0. The Bertz CT molecular complexity index is 1710. The Labute approximate surface area is 300 Å². The van der Waals surface area contributed by atoms with Crippen LogP contribution in [0.2, 0.25) is 0 Å². The average molecular weight is 723 g/mol. The normalized spacial score (nSPS) is 21.0. The number of aromatic hydroxyl groups is 2. The van der Waals surface area contributed by atoms with Gasteiger partial charge in [0.2, 0.25) is 17.5 Å². The monoisotopic (exact) mass is 722 g/mol. The van der Waals surface area contributed by atoms with Crippen molar-refractivity contribution in [3.8, 4) is 11.5 Å². The lowest BCUT2D eigenvalue weighted by molar-refractivity contribution is -0.180. The van der Waals surface area contributed by atoms with Crippen molar-refractivity contribution in [3.05, 3.63) is 72.1 Å². The number of likely N-dealkylation sites (tertiary alicyclic amines) is 1. The number of hydrogen-bond donors (Lipinski definition) is 11. The van der Waals surface area contributed by atoms with Crippen molar-refractivity contribution in [2.75, 3.05) is 13.1 Å². The molecule has 0 aromatic heterocycles. The zero-order valence-corrected chi connectivity index (χ0v) is 28.8. The molecule has 0 radical (unpaired) electrons. The Morgan fingerprint density at radius 1 is 0.827 bits per heavy atom. The Hall–Kier alpha value is -6.14. The molecule has 280 valence electrons. The number of amides is 4. The summed E-state index contributed by atoms with van der Waals surface area (Å²) in [7, 11) is 0. The fourth-order valence-electron chi connectivity index (χ4n) is 5.69. The number of rotatable bonds is 16. The molecule has 1 heterocycles. The molecule has 1 fully saturated rings. The van der Waals surface area contributed by atoms with Gasteiger partial charge in [0.05, 0.1) is 5.92 Å². The van der Waals surface area contributed by atoms with Gasteiger partial charge < -0.3 is 59.3 Å².